The Morgan fingerprint density at radius 3 is 2.41 bits per heavy atom. The summed E-state index contributed by atoms with van der Waals surface area (Å²) in [5.74, 6) is -4.20. The number of carbonyl (C=O) groups is 1. The summed E-state index contributed by atoms with van der Waals surface area (Å²) in [6, 6.07) is 0. The number of alkyl halides is 3. The minimum Gasteiger partial charge on any atom is -0.466 e. The second-order valence-electron chi connectivity index (χ2n) is 3.50. The molecule has 1 unspecified atom stereocenters. The Morgan fingerprint density at radius 2 is 1.94 bits per heavy atom. The maximum absolute atomic E-state index is 13.1. The topological polar surface area (TPSA) is 46.5 Å². The van der Waals surface area contributed by atoms with Gasteiger partial charge in [0, 0.05) is 12.8 Å². The first kappa shape index (κ1) is 16.6. The highest BCUT2D eigenvalue weighted by Crippen LogP contribution is 2.41. The lowest BCUT2D eigenvalue weighted by Gasteiger charge is -2.26. The zero-order chi connectivity index (χ0) is 13.5. The lowest BCUT2D eigenvalue weighted by molar-refractivity contribution is -0.197. The Kier molecular flexibility index (Phi) is 6.92. The number of hydrogen-bond acceptors (Lipinski definition) is 4. The highest BCUT2D eigenvalue weighted by Gasteiger charge is 2.52. The van der Waals surface area contributed by atoms with Crippen molar-refractivity contribution in [1.82, 2.24) is 0 Å². The van der Waals surface area contributed by atoms with Gasteiger partial charge in [-0.15, -0.1) is 0 Å². The molecule has 0 amide bonds. The first-order valence-electron chi connectivity index (χ1n) is 5.26. The number of unbranched alkanes of at least 4 members (excludes halogenated alkanes) is 1. The quantitative estimate of drug-likeness (QED) is 0.420. The summed E-state index contributed by atoms with van der Waals surface area (Å²) >= 11 is 0.0599. The van der Waals surface area contributed by atoms with E-state index in [-0.39, 0.29) is 37.6 Å². The molecule has 102 valence electrons. The SMILES string of the molecule is CCC(=O)OCCCCC(F)(F)C(O)(F)SC. The molecule has 0 aliphatic heterocycles. The second-order valence-corrected chi connectivity index (χ2v) is 4.45. The molecule has 0 radical (unpaired) electrons. The molecular formula is C10H17F3O3S. The van der Waals surface area contributed by atoms with Crippen LogP contribution in [0.25, 0.3) is 0 Å². The van der Waals surface area contributed by atoms with Crippen molar-refractivity contribution in [2.75, 3.05) is 12.9 Å². The maximum atomic E-state index is 13.1. The van der Waals surface area contributed by atoms with E-state index in [1.54, 1.807) is 6.92 Å². The molecule has 0 aromatic rings. The summed E-state index contributed by atoms with van der Waals surface area (Å²) in [5, 5.41) is 5.25. The molecule has 1 N–H and O–H groups in total. The van der Waals surface area contributed by atoms with Gasteiger partial charge in [-0.1, -0.05) is 18.7 Å². The Bertz CT molecular complexity index is 247. The fourth-order valence-corrected chi connectivity index (χ4v) is 1.44. The van der Waals surface area contributed by atoms with Gasteiger partial charge in [-0.3, -0.25) is 4.79 Å². The van der Waals surface area contributed by atoms with Crippen LogP contribution in [-0.2, 0) is 9.53 Å². The predicted molar refractivity (Wildman–Crippen MR) is 59.6 cm³/mol. The van der Waals surface area contributed by atoms with E-state index in [0.717, 1.165) is 6.26 Å². The fourth-order valence-electron chi connectivity index (χ4n) is 1.04. The molecule has 0 saturated carbocycles. The van der Waals surface area contributed by atoms with Gasteiger partial charge >= 0.3 is 17.1 Å². The molecule has 0 spiro atoms. The molecule has 0 rings (SSSR count). The third kappa shape index (κ3) is 5.63. The molecule has 7 heteroatoms. The summed E-state index contributed by atoms with van der Waals surface area (Å²) in [4.78, 5) is 10.7. The number of rotatable bonds is 8. The molecule has 1 atom stereocenters. The van der Waals surface area contributed by atoms with Crippen LogP contribution < -0.4 is 0 Å². The number of hydrogen-bond donors (Lipinski definition) is 1. The van der Waals surface area contributed by atoms with Gasteiger partial charge in [-0.25, -0.2) is 0 Å². The molecule has 17 heavy (non-hydrogen) atoms. The Hall–Kier alpha value is -0.430. The molecular weight excluding hydrogens is 257 g/mol. The molecule has 0 saturated heterocycles. The molecule has 0 heterocycles. The molecule has 0 bridgehead atoms. The highest BCUT2D eigenvalue weighted by molar-refractivity contribution is 7.99. The van der Waals surface area contributed by atoms with Gasteiger partial charge in [0.15, 0.2) is 0 Å². The van der Waals surface area contributed by atoms with Crippen molar-refractivity contribution in [1.29, 1.82) is 0 Å². The average molecular weight is 274 g/mol. The van der Waals surface area contributed by atoms with Crippen molar-refractivity contribution in [3.8, 4) is 0 Å². The third-order valence-electron chi connectivity index (χ3n) is 2.16. The largest absolute Gasteiger partial charge is 0.466 e. The maximum Gasteiger partial charge on any atom is 0.318 e. The third-order valence-corrected chi connectivity index (χ3v) is 3.00. The van der Waals surface area contributed by atoms with Crippen LogP contribution in [0.5, 0.6) is 0 Å². The van der Waals surface area contributed by atoms with Crippen molar-refractivity contribution in [3.63, 3.8) is 0 Å². The summed E-state index contributed by atoms with van der Waals surface area (Å²) in [6.45, 7) is 1.66. The lowest BCUT2D eigenvalue weighted by Crippen LogP contribution is -2.41. The van der Waals surface area contributed by atoms with E-state index in [1.807, 2.05) is 0 Å². The summed E-state index contributed by atoms with van der Waals surface area (Å²) in [5.41, 5.74) is 0. The molecule has 0 fully saturated rings. The number of ether oxygens (including phenoxy) is 1. The van der Waals surface area contributed by atoms with Crippen molar-refractivity contribution in [3.05, 3.63) is 0 Å². The summed E-state index contributed by atoms with van der Waals surface area (Å²) in [6.07, 6.45) is 0.691. The smallest absolute Gasteiger partial charge is 0.318 e. The van der Waals surface area contributed by atoms with E-state index in [4.69, 9.17) is 5.11 Å². The monoisotopic (exact) mass is 274 g/mol. The Labute approximate surface area is 103 Å². The number of esters is 1. The average Bonchev–Trinajstić information content (AvgIpc) is 2.27. The predicted octanol–water partition coefficient (Wildman–Crippen LogP) is 2.72. The molecule has 3 nitrogen and oxygen atoms in total. The fraction of sp³-hybridized carbons (Fsp3) is 0.900. The van der Waals surface area contributed by atoms with Crippen LogP contribution >= 0.6 is 11.8 Å². The van der Waals surface area contributed by atoms with Gasteiger partial charge in [0.1, 0.15) is 0 Å². The first-order chi connectivity index (χ1) is 7.77. The van der Waals surface area contributed by atoms with Crippen LogP contribution in [0.3, 0.4) is 0 Å². The van der Waals surface area contributed by atoms with Crippen LogP contribution in [0.15, 0.2) is 0 Å². The number of halogens is 3. The normalized spacial score (nSPS) is 15.4. The number of thioether (sulfide) groups is 1. The standard InChI is InChI=1S/C10H17F3O3S/c1-3-8(14)16-7-5-4-6-9(11,12)10(13,15)17-2/h15H,3-7H2,1-2H3. The van der Waals surface area contributed by atoms with Crippen LogP contribution in [-0.4, -0.2) is 35.0 Å². The Morgan fingerprint density at radius 1 is 1.35 bits per heavy atom. The van der Waals surface area contributed by atoms with E-state index < -0.39 is 23.5 Å². The van der Waals surface area contributed by atoms with E-state index in [0.29, 0.717) is 0 Å². The molecule has 0 aromatic heterocycles. The zero-order valence-corrected chi connectivity index (χ0v) is 10.7. The van der Waals surface area contributed by atoms with E-state index in [2.05, 4.69) is 4.74 Å². The van der Waals surface area contributed by atoms with Crippen LogP contribution in [0.1, 0.15) is 32.6 Å². The highest BCUT2D eigenvalue weighted by atomic mass is 32.2. The van der Waals surface area contributed by atoms with Gasteiger partial charge in [-0.2, -0.15) is 13.2 Å². The summed E-state index contributed by atoms with van der Waals surface area (Å²) < 4.78 is 43.8. The van der Waals surface area contributed by atoms with Gasteiger partial charge in [0.2, 0.25) is 0 Å². The lowest BCUT2D eigenvalue weighted by atomic mass is 10.1. The van der Waals surface area contributed by atoms with E-state index >= 15 is 0 Å². The van der Waals surface area contributed by atoms with Crippen LogP contribution in [0.4, 0.5) is 13.2 Å². The first-order valence-corrected chi connectivity index (χ1v) is 6.49. The second kappa shape index (κ2) is 7.10. The summed E-state index contributed by atoms with van der Waals surface area (Å²) in [7, 11) is 0. The van der Waals surface area contributed by atoms with Crippen LogP contribution in [0.2, 0.25) is 0 Å². The van der Waals surface area contributed by atoms with Gasteiger partial charge in [0.05, 0.1) is 6.61 Å². The van der Waals surface area contributed by atoms with Gasteiger partial charge in [0.25, 0.3) is 0 Å². The molecule has 0 aliphatic carbocycles. The van der Waals surface area contributed by atoms with Crippen molar-refractivity contribution in [2.24, 2.45) is 0 Å². The van der Waals surface area contributed by atoms with Crippen molar-refractivity contribution in [2.45, 2.75) is 43.7 Å². The minimum absolute atomic E-state index is 0.0310. The van der Waals surface area contributed by atoms with Crippen LogP contribution in [0, 0.1) is 0 Å². The number of carbonyl (C=O) groups excluding carboxylic acids is 1. The number of aliphatic hydroxyl groups is 1. The molecule has 0 aliphatic rings. The minimum atomic E-state index is -3.80. The van der Waals surface area contributed by atoms with Gasteiger partial charge < -0.3 is 9.84 Å². The van der Waals surface area contributed by atoms with E-state index in [9.17, 15) is 18.0 Å². The van der Waals surface area contributed by atoms with Gasteiger partial charge in [-0.05, 0) is 19.1 Å². The Balaban J connectivity index is 3.85. The van der Waals surface area contributed by atoms with Crippen molar-refractivity contribution < 1.29 is 27.8 Å². The molecule has 0 aromatic carbocycles. The van der Waals surface area contributed by atoms with Crippen molar-refractivity contribution >= 4 is 17.7 Å². The zero-order valence-electron chi connectivity index (χ0n) is 9.84. The van der Waals surface area contributed by atoms with E-state index in [1.165, 1.54) is 0 Å².